The normalized spacial score (nSPS) is 20.0. The van der Waals surface area contributed by atoms with Crippen molar-refractivity contribution >= 4 is 5.91 Å². The monoisotopic (exact) mass is 380 g/mol. The Kier molecular flexibility index (Phi) is 5.64. The Balaban J connectivity index is 1.54. The van der Waals surface area contributed by atoms with E-state index in [1.807, 2.05) is 29.2 Å². The molecular formula is C23H28N2O3. The second kappa shape index (κ2) is 8.33. The number of rotatable bonds is 4. The van der Waals surface area contributed by atoms with Gasteiger partial charge in [0.15, 0.2) is 0 Å². The maximum atomic E-state index is 13.0. The number of likely N-dealkylation sites (tertiary alicyclic amines) is 1. The van der Waals surface area contributed by atoms with Crippen LogP contribution in [0, 0.1) is 0 Å². The van der Waals surface area contributed by atoms with Gasteiger partial charge >= 0.3 is 0 Å². The number of hydrogen-bond donors (Lipinski definition) is 0. The minimum absolute atomic E-state index is 0.0177. The third kappa shape index (κ3) is 3.64. The minimum atomic E-state index is -0.0177. The standard InChI is InChI=1S/C23H28N2O3/c1-27-21-9-5-6-19(18-21)22(26)24-12-10-23(11-13-24,20-7-3-2-4-8-20)25-14-16-28-17-15-25/h2-9,18H,10-17H2,1H3. The molecule has 0 bridgehead atoms. The van der Waals surface area contributed by atoms with E-state index < -0.39 is 0 Å². The molecule has 2 saturated heterocycles. The number of amides is 1. The van der Waals surface area contributed by atoms with Gasteiger partial charge in [0.25, 0.3) is 5.91 Å². The summed E-state index contributed by atoms with van der Waals surface area (Å²) < 4.78 is 10.9. The van der Waals surface area contributed by atoms with Crippen LogP contribution in [0.4, 0.5) is 0 Å². The highest BCUT2D eigenvalue weighted by atomic mass is 16.5. The Morgan fingerprint density at radius 2 is 1.68 bits per heavy atom. The van der Waals surface area contributed by atoms with Gasteiger partial charge in [0.2, 0.25) is 0 Å². The van der Waals surface area contributed by atoms with Gasteiger partial charge in [0, 0.05) is 37.3 Å². The first-order valence-electron chi connectivity index (χ1n) is 10.0. The number of benzene rings is 2. The van der Waals surface area contributed by atoms with E-state index in [-0.39, 0.29) is 11.4 Å². The van der Waals surface area contributed by atoms with Crippen molar-refractivity contribution in [3.8, 4) is 5.75 Å². The van der Waals surface area contributed by atoms with Gasteiger partial charge in [-0.1, -0.05) is 36.4 Å². The first-order chi connectivity index (χ1) is 13.7. The summed E-state index contributed by atoms with van der Waals surface area (Å²) in [7, 11) is 1.63. The molecule has 4 rings (SSSR count). The third-order valence-electron chi connectivity index (χ3n) is 6.12. The van der Waals surface area contributed by atoms with Crippen molar-refractivity contribution in [1.29, 1.82) is 0 Å². The molecule has 2 aromatic carbocycles. The fraction of sp³-hybridized carbons (Fsp3) is 0.435. The average molecular weight is 380 g/mol. The Morgan fingerprint density at radius 3 is 2.36 bits per heavy atom. The Hall–Kier alpha value is -2.37. The second-order valence-corrected chi connectivity index (χ2v) is 7.52. The smallest absolute Gasteiger partial charge is 0.253 e. The van der Waals surface area contributed by atoms with E-state index in [4.69, 9.17) is 9.47 Å². The maximum Gasteiger partial charge on any atom is 0.253 e. The molecule has 0 radical (unpaired) electrons. The molecule has 28 heavy (non-hydrogen) atoms. The van der Waals surface area contributed by atoms with E-state index in [9.17, 15) is 4.79 Å². The molecule has 1 amide bonds. The first kappa shape index (κ1) is 19.0. The molecule has 0 saturated carbocycles. The number of piperidine rings is 1. The predicted molar refractivity (Wildman–Crippen MR) is 109 cm³/mol. The number of morpholine rings is 1. The van der Waals surface area contributed by atoms with Crippen LogP contribution >= 0.6 is 0 Å². The van der Waals surface area contributed by atoms with E-state index in [2.05, 4.69) is 35.2 Å². The zero-order chi connectivity index (χ0) is 19.4. The number of methoxy groups -OCH3 is 1. The molecule has 0 atom stereocenters. The summed E-state index contributed by atoms with van der Waals surface area (Å²) in [5.41, 5.74) is 2.03. The van der Waals surface area contributed by atoms with Gasteiger partial charge < -0.3 is 14.4 Å². The van der Waals surface area contributed by atoms with Gasteiger partial charge in [-0.05, 0) is 36.6 Å². The number of carbonyl (C=O) groups excluding carboxylic acids is 1. The molecule has 0 N–H and O–H groups in total. The van der Waals surface area contributed by atoms with Crippen LogP contribution < -0.4 is 4.74 Å². The van der Waals surface area contributed by atoms with Crippen molar-refractivity contribution in [3.63, 3.8) is 0 Å². The summed E-state index contributed by atoms with van der Waals surface area (Å²) in [5.74, 6) is 0.803. The molecule has 0 aromatic heterocycles. The van der Waals surface area contributed by atoms with Crippen LogP contribution in [0.5, 0.6) is 5.75 Å². The molecule has 2 aliphatic heterocycles. The molecule has 0 unspecified atom stereocenters. The van der Waals surface area contributed by atoms with Crippen LogP contribution in [-0.2, 0) is 10.3 Å². The lowest BCUT2D eigenvalue weighted by Crippen LogP contribution is -2.57. The lowest BCUT2D eigenvalue weighted by atomic mass is 9.79. The fourth-order valence-corrected chi connectivity index (χ4v) is 4.55. The zero-order valence-electron chi connectivity index (χ0n) is 16.5. The first-order valence-corrected chi connectivity index (χ1v) is 10.0. The van der Waals surface area contributed by atoms with Crippen LogP contribution in [0.3, 0.4) is 0 Å². The van der Waals surface area contributed by atoms with E-state index in [1.54, 1.807) is 7.11 Å². The zero-order valence-corrected chi connectivity index (χ0v) is 16.5. The van der Waals surface area contributed by atoms with Gasteiger partial charge in [-0.25, -0.2) is 0 Å². The highest BCUT2D eigenvalue weighted by Gasteiger charge is 2.42. The van der Waals surface area contributed by atoms with E-state index >= 15 is 0 Å². The van der Waals surface area contributed by atoms with Crippen molar-refractivity contribution in [2.45, 2.75) is 18.4 Å². The lowest BCUT2D eigenvalue weighted by molar-refractivity contribution is -0.0482. The van der Waals surface area contributed by atoms with Crippen molar-refractivity contribution in [2.75, 3.05) is 46.5 Å². The summed E-state index contributed by atoms with van der Waals surface area (Å²) in [4.78, 5) is 17.6. The van der Waals surface area contributed by atoms with E-state index in [0.29, 0.717) is 5.56 Å². The fourth-order valence-electron chi connectivity index (χ4n) is 4.55. The largest absolute Gasteiger partial charge is 0.497 e. The average Bonchev–Trinajstić information content (AvgIpc) is 2.80. The summed E-state index contributed by atoms with van der Waals surface area (Å²) >= 11 is 0. The molecule has 2 fully saturated rings. The van der Waals surface area contributed by atoms with E-state index in [0.717, 1.165) is 58.0 Å². The summed E-state index contributed by atoms with van der Waals surface area (Å²) in [6.45, 7) is 4.95. The lowest BCUT2D eigenvalue weighted by Gasteiger charge is -2.50. The minimum Gasteiger partial charge on any atom is -0.497 e. The van der Waals surface area contributed by atoms with E-state index in [1.165, 1.54) is 5.56 Å². The molecule has 2 aliphatic rings. The highest BCUT2D eigenvalue weighted by molar-refractivity contribution is 5.94. The molecule has 5 nitrogen and oxygen atoms in total. The SMILES string of the molecule is COc1cccc(C(=O)N2CCC(c3ccccc3)(N3CCOCC3)CC2)c1. The van der Waals surface area contributed by atoms with Crippen molar-refractivity contribution < 1.29 is 14.3 Å². The number of nitrogens with zero attached hydrogens (tertiary/aromatic N) is 2. The molecule has 2 heterocycles. The van der Waals surface area contributed by atoms with Gasteiger partial charge in [0.1, 0.15) is 5.75 Å². The quantitative estimate of drug-likeness (QED) is 0.817. The third-order valence-corrected chi connectivity index (χ3v) is 6.12. The van der Waals surface area contributed by atoms with Gasteiger partial charge in [0.05, 0.1) is 20.3 Å². The molecule has 0 spiro atoms. The van der Waals surface area contributed by atoms with Crippen molar-refractivity contribution in [1.82, 2.24) is 9.80 Å². The topological polar surface area (TPSA) is 42.0 Å². The number of carbonyl (C=O) groups is 1. The molecule has 0 aliphatic carbocycles. The maximum absolute atomic E-state index is 13.0. The van der Waals surface area contributed by atoms with Gasteiger partial charge in [-0.2, -0.15) is 0 Å². The second-order valence-electron chi connectivity index (χ2n) is 7.52. The van der Waals surface area contributed by atoms with Gasteiger partial charge in [-0.3, -0.25) is 9.69 Å². The molecular weight excluding hydrogens is 352 g/mol. The summed E-state index contributed by atoms with van der Waals surface area (Å²) in [6, 6.07) is 18.2. The molecule has 148 valence electrons. The van der Waals surface area contributed by atoms with Crippen LogP contribution in [-0.4, -0.2) is 62.2 Å². The summed E-state index contributed by atoms with van der Waals surface area (Å²) in [5, 5.41) is 0. The molecule has 5 heteroatoms. The van der Waals surface area contributed by atoms with Gasteiger partial charge in [-0.15, -0.1) is 0 Å². The highest BCUT2D eigenvalue weighted by Crippen LogP contribution is 2.39. The Morgan fingerprint density at radius 1 is 0.964 bits per heavy atom. The Bertz CT molecular complexity index is 795. The summed E-state index contributed by atoms with van der Waals surface area (Å²) in [6.07, 6.45) is 1.87. The van der Waals surface area contributed by atoms with Crippen LogP contribution in [0.1, 0.15) is 28.8 Å². The predicted octanol–water partition coefficient (Wildman–Crippen LogP) is 3.16. The molecule has 2 aromatic rings. The van der Waals surface area contributed by atoms with Crippen molar-refractivity contribution in [3.05, 3.63) is 65.7 Å². The number of ether oxygens (including phenoxy) is 2. The number of hydrogen-bond acceptors (Lipinski definition) is 4. The van der Waals surface area contributed by atoms with Crippen molar-refractivity contribution in [2.24, 2.45) is 0 Å². The van der Waals surface area contributed by atoms with Crippen LogP contribution in [0.25, 0.3) is 0 Å². The van der Waals surface area contributed by atoms with Crippen LogP contribution in [0.15, 0.2) is 54.6 Å². The Labute approximate surface area is 166 Å². The van der Waals surface area contributed by atoms with Crippen LogP contribution in [0.2, 0.25) is 0 Å².